The molecule has 0 bridgehead atoms. The van der Waals surface area contributed by atoms with E-state index in [4.69, 9.17) is 11.6 Å². The molecule has 0 fully saturated rings. The molecule has 108 valence electrons. The van der Waals surface area contributed by atoms with Gasteiger partial charge in [-0.2, -0.15) is 0 Å². The van der Waals surface area contributed by atoms with Crippen LogP contribution in [0.1, 0.15) is 12.8 Å². The zero-order valence-corrected chi connectivity index (χ0v) is 12.2. The van der Waals surface area contributed by atoms with Gasteiger partial charge in [0, 0.05) is 25.5 Å². The zero-order valence-electron chi connectivity index (χ0n) is 10.6. The molecule has 0 aromatic carbocycles. The monoisotopic (exact) mass is 315 g/mol. The Kier molecular flexibility index (Phi) is 5.05. The molecule has 1 N–H and O–H groups in total. The molecular formula is C11H14ClN5O2S. The Bertz CT molecular complexity index is 627. The largest absolute Gasteiger partial charge is 0.337 e. The smallest absolute Gasteiger partial charge is 0.243 e. The summed E-state index contributed by atoms with van der Waals surface area (Å²) in [6.07, 6.45) is 9.27. The number of aromatic nitrogens is 4. The van der Waals surface area contributed by atoms with E-state index in [0.29, 0.717) is 6.54 Å². The fourth-order valence-corrected chi connectivity index (χ4v) is 2.63. The van der Waals surface area contributed by atoms with Gasteiger partial charge in [0.25, 0.3) is 0 Å². The van der Waals surface area contributed by atoms with Gasteiger partial charge in [-0.05, 0) is 24.4 Å². The summed E-state index contributed by atoms with van der Waals surface area (Å²) in [6, 6.07) is 0. The molecule has 20 heavy (non-hydrogen) atoms. The molecule has 0 atom stereocenters. The van der Waals surface area contributed by atoms with Gasteiger partial charge in [-0.3, -0.25) is 0 Å². The van der Waals surface area contributed by atoms with Crippen LogP contribution in [0.2, 0.25) is 5.28 Å². The second-order valence-corrected chi connectivity index (χ2v) is 6.20. The summed E-state index contributed by atoms with van der Waals surface area (Å²) in [5, 5.41) is 0.0179. The van der Waals surface area contributed by atoms with Gasteiger partial charge in [-0.25, -0.2) is 28.1 Å². The average Bonchev–Trinajstić information content (AvgIpc) is 2.92. The molecule has 0 saturated heterocycles. The molecule has 2 aromatic heterocycles. The molecule has 0 amide bonds. The Morgan fingerprint density at radius 3 is 2.65 bits per heavy atom. The number of nitrogens with zero attached hydrogens (tertiary/aromatic N) is 4. The SMILES string of the molecule is O=S(=O)(NCCCCn1ccnc1)c1cnc(Cl)nc1. The van der Waals surface area contributed by atoms with E-state index in [1.54, 1.807) is 12.5 Å². The van der Waals surface area contributed by atoms with Crippen LogP contribution in [0.4, 0.5) is 0 Å². The number of sulfonamides is 1. The van der Waals surface area contributed by atoms with Gasteiger partial charge in [-0.1, -0.05) is 0 Å². The van der Waals surface area contributed by atoms with Crippen LogP contribution in [0.15, 0.2) is 36.0 Å². The van der Waals surface area contributed by atoms with Crippen molar-refractivity contribution in [2.45, 2.75) is 24.3 Å². The summed E-state index contributed by atoms with van der Waals surface area (Å²) in [4.78, 5) is 11.2. The fraction of sp³-hybridized carbons (Fsp3) is 0.364. The van der Waals surface area contributed by atoms with E-state index in [0.717, 1.165) is 19.4 Å². The summed E-state index contributed by atoms with van der Waals surface area (Å²) in [5.41, 5.74) is 0. The van der Waals surface area contributed by atoms with E-state index >= 15 is 0 Å². The van der Waals surface area contributed by atoms with Crippen LogP contribution in [0.5, 0.6) is 0 Å². The topological polar surface area (TPSA) is 89.8 Å². The lowest BCUT2D eigenvalue weighted by Gasteiger charge is -2.06. The van der Waals surface area contributed by atoms with Crippen LogP contribution in [0.3, 0.4) is 0 Å². The van der Waals surface area contributed by atoms with E-state index in [1.165, 1.54) is 12.4 Å². The highest BCUT2D eigenvalue weighted by Crippen LogP contribution is 2.07. The number of aryl methyl sites for hydroxylation is 1. The van der Waals surface area contributed by atoms with Gasteiger partial charge in [0.2, 0.25) is 15.3 Å². The minimum atomic E-state index is -3.56. The predicted molar refractivity (Wildman–Crippen MR) is 73.7 cm³/mol. The maximum absolute atomic E-state index is 11.9. The van der Waals surface area contributed by atoms with Gasteiger partial charge in [0.1, 0.15) is 4.90 Å². The average molecular weight is 316 g/mol. The zero-order chi connectivity index (χ0) is 14.4. The maximum atomic E-state index is 11.9. The van der Waals surface area contributed by atoms with Crippen molar-refractivity contribution in [2.75, 3.05) is 6.54 Å². The van der Waals surface area contributed by atoms with Crippen LogP contribution in [0, 0.1) is 0 Å². The fourth-order valence-electron chi connectivity index (χ4n) is 1.57. The predicted octanol–water partition coefficient (Wildman–Crippen LogP) is 1.09. The lowest BCUT2D eigenvalue weighted by Crippen LogP contribution is -2.25. The third-order valence-electron chi connectivity index (χ3n) is 2.60. The molecule has 0 unspecified atom stereocenters. The summed E-state index contributed by atoms with van der Waals surface area (Å²) in [6.45, 7) is 1.17. The second kappa shape index (κ2) is 6.78. The molecule has 0 radical (unpaired) electrons. The van der Waals surface area contributed by atoms with Crippen molar-refractivity contribution in [3.63, 3.8) is 0 Å². The lowest BCUT2D eigenvalue weighted by atomic mass is 10.3. The summed E-state index contributed by atoms with van der Waals surface area (Å²) in [5.74, 6) is 0. The van der Waals surface area contributed by atoms with Crippen molar-refractivity contribution in [3.8, 4) is 0 Å². The van der Waals surface area contributed by atoms with Crippen molar-refractivity contribution >= 4 is 21.6 Å². The normalized spacial score (nSPS) is 11.7. The Morgan fingerprint density at radius 2 is 2.00 bits per heavy atom. The van der Waals surface area contributed by atoms with Gasteiger partial charge in [0.05, 0.1) is 18.7 Å². The summed E-state index contributed by atoms with van der Waals surface area (Å²) >= 11 is 5.51. The first-order valence-corrected chi connectivity index (χ1v) is 7.87. The molecule has 7 nitrogen and oxygen atoms in total. The third kappa shape index (κ3) is 4.26. The Morgan fingerprint density at radius 1 is 1.25 bits per heavy atom. The number of nitrogens with one attached hydrogen (secondary N) is 1. The number of rotatable bonds is 7. The maximum Gasteiger partial charge on any atom is 0.243 e. The molecule has 0 aliphatic carbocycles. The lowest BCUT2D eigenvalue weighted by molar-refractivity contribution is 0.565. The van der Waals surface area contributed by atoms with Gasteiger partial charge in [-0.15, -0.1) is 0 Å². The number of unbranched alkanes of at least 4 members (excludes halogenated alkanes) is 1. The van der Waals surface area contributed by atoms with Gasteiger partial charge < -0.3 is 4.57 Å². The number of hydrogen-bond acceptors (Lipinski definition) is 5. The quantitative estimate of drug-likeness (QED) is 0.610. The Labute approximate surface area is 122 Å². The Hall–Kier alpha value is -1.51. The molecule has 0 saturated carbocycles. The molecule has 0 spiro atoms. The first-order chi connectivity index (χ1) is 9.58. The number of imidazole rings is 1. The van der Waals surface area contributed by atoms with Crippen molar-refractivity contribution in [3.05, 3.63) is 36.4 Å². The second-order valence-electron chi connectivity index (χ2n) is 4.09. The van der Waals surface area contributed by atoms with Crippen molar-refractivity contribution in [1.29, 1.82) is 0 Å². The van der Waals surface area contributed by atoms with E-state index in [1.807, 2.05) is 10.8 Å². The summed E-state index contributed by atoms with van der Waals surface area (Å²) in [7, 11) is -3.56. The van der Waals surface area contributed by atoms with Gasteiger partial charge in [0.15, 0.2) is 0 Å². The highest BCUT2D eigenvalue weighted by molar-refractivity contribution is 7.89. The molecular weight excluding hydrogens is 302 g/mol. The number of hydrogen-bond donors (Lipinski definition) is 1. The van der Waals surface area contributed by atoms with Crippen LogP contribution < -0.4 is 4.72 Å². The van der Waals surface area contributed by atoms with Crippen LogP contribution in [0.25, 0.3) is 0 Å². The third-order valence-corrected chi connectivity index (χ3v) is 4.21. The highest BCUT2D eigenvalue weighted by Gasteiger charge is 2.14. The minimum absolute atomic E-state index is 0.0107. The summed E-state index contributed by atoms with van der Waals surface area (Å²) < 4.78 is 28.2. The Balaban J connectivity index is 1.76. The molecule has 9 heteroatoms. The highest BCUT2D eigenvalue weighted by atomic mass is 35.5. The first kappa shape index (κ1) is 14.9. The molecule has 0 aliphatic heterocycles. The minimum Gasteiger partial charge on any atom is -0.337 e. The molecule has 2 heterocycles. The van der Waals surface area contributed by atoms with Crippen molar-refractivity contribution in [2.24, 2.45) is 0 Å². The first-order valence-electron chi connectivity index (χ1n) is 6.01. The van der Waals surface area contributed by atoms with Crippen LogP contribution in [-0.4, -0.2) is 34.5 Å². The molecule has 0 aliphatic rings. The molecule has 2 rings (SSSR count). The van der Waals surface area contributed by atoms with Crippen LogP contribution >= 0.6 is 11.6 Å². The standard InChI is InChI=1S/C11H14ClN5O2S/c12-11-14-7-10(8-15-11)20(18,19)16-3-1-2-5-17-6-4-13-9-17/h4,6-9,16H,1-3,5H2. The van der Waals surface area contributed by atoms with Crippen molar-refractivity contribution in [1.82, 2.24) is 24.2 Å². The van der Waals surface area contributed by atoms with E-state index < -0.39 is 10.0 Å². The van der Waals surface area contributed by atoms with Crippen molar-refractivity contribution < 1.29 is 8.42 Å². The van der Waals surface area contributed by atoms with E-state index in [2.05, 4.69) is 19.7 Å². The number of halogens is 1. The molecule has 2 aromatic rings. The van der Waals surface area contributed by atoms with E-state index in [-0.39, 0.29) is 10.2 Å². The van der Waals surface area contributed by atoms with E-state index in [9.17, 15) is 8.42 Å². The van der Waals surface area contributed by atoms with Gasteiger partial charge >= 0.3 is 0 Å². The van der Waals surface area contributed by atoms with Crippen LogP contribution in [-0.2, 0) is 16.6 Å².